The predicted octanol–water partition coefficient (Wildman–Crippen LogP) is 1.43. The van der Waals surface area contributed by atoms with E-state index in [2.05, 4.69) is 9.97 Å². The molecule has 106 valence electrons. The number of sulfonamides is 1. The first kappa shape index (κ1) is 13.2. The van der Waals surface area contributed by atoms with Gasteiger partial charge in [-0.05, 0) is 18.2 Å². The lowest BCUT2D eigenvalue weighted by atomic mass is 10.2. The summed E-state index contributed by atoms with van der Waals surface area (Å²) in [7, 11) is -3.84. The molecule has 1 N–H and O–H groups in total. The van der Waals surface area contributed by atoms with Gasteiger partial charge in [0.25, 0.3) is 0 Å². The summed E-state index contributed by atoms with van der Waals surface area (Å²) in [5, 5.41) is 0. The summed E-state index contributed by atoms with van der Waals surface area (Å²) < 4.78 is 52.1. The van der Waals surface area contributed by atoms with E-state index < -0.39 is 21.7 Å². The van der Waals surface area contributed by atoms with Crippen LogP contribution in [0.25, 0.3) is 0 Å². The summed E-state index contributed by atoms with van der Waals surface area (Å²) in [6, 6.07) is 2.58. The average Bonchev–Trinajstić information content (AvgIpc) is 2.89. The summed E-state index contributed by atoms with van der Waals surface area (Å²) in [6.07, 6.45) is 2.00. The Morgan fingerprint density at radius 2 is 2.05 bits per heavy atom. The van der Waals surface area contributed by atoms with Crippen molar-refractivity contribution in [2.45, 2.75) is 17.9 Å². The molecule has 0 aliphatic carbocycles. The molecule has 1 aromatic heterocycles. The lowest BCUT2D eigenvalue weighted by Gasteiger charge is -2.25. The molecule has 5 nitrogen and oxygen atoms in total. The Kier molecular flexibility index (Phi) is 3.06. The van der Waals surface area contributed by atoms with Gasteiger partial charge in [0.15, 0.2) is 11.6 Å². The van der Waals surface area contributed by atoms with Crippen molar-refractivity contribution in [3.63, 3.8) is 0 Å². The molecule has 0 spiro atoms. The van der Waals surface area contributed by atoms with E-state index in [9.17, 15) is 17.2 Å². The monoisotopic (exact) mass is 299 g/mol. The van der Waals surface area contributed by atoms with E-state index in [0.717, 1.165) is 23.5 Å². The Balaban J connectivity index is 1.95. The van der Waals surface area contributed by atoms with E-state index in [-0.39, 0.29) is 18.0 Å². The molecule has 0 unspecified atom stereocenters. The highest BCUT2D eigenvalue weighted by Crippen LogP contribution is 2.24. The van der Waals surface area contributed by atoms with Gasteiger partial charge < -0.3 is 4.98 Å². The number of aromatic amines is 1. The lowest BCUT2D eigenvalue weighted by Crippen LogP contribution is -2.36. The highest BCUT2D eigenvalue weighted by molar-refractivity contribution is 7.89. The van der Waals surface area contributed by atoms with Gasteiger partial charge in [0.1, 0.15) is 0 Å². The van der Waals surface area contributed by atoms with E-state index in [0.29, 0.717) is 12.5 Å². The number of aromatic nitrogens is 2. The third-order valence-electron chi connectivity index (χ3n) is 3.27. The second kappa shape index (κ2) is 4.64. The molecule has 0 saturated heterocycles. The Bertz CT molecular complexity index is 758. The van der Waals surface area contributed by atoms with Crippen molar-refractivity contribution >= 4 is 10.0 Å². The molecule has 20 heavy (non-hydrogen) atoms. The minimum atomic E-state index is -3.84. The second-order valence-corrected chi connectivity index (χ2v) is 6.43. The topological polar surface area (TPSA) is 66.1 Å². The van der Waals surface area contributed by atoms with Crippen LogP contribution >= 0.6 is 0 Å². The summed E-state index contributed by atoms with van der Waals surface area (Å²) >= 11 is 0. The fourth-order valence-corrected chi connectivity index (χ4v) is 3.60. The molecule has 1 aliphatic heterocycles. The van der Waals surface area contributed by atoms with Crippen LogP contribution in [0.5, 0.6) is 0 Å². The zero-order chi connectivity index (χ0) is 14.3. The number of rotatable bonds is 2. The number of H-pyrrole nitrogens is 1. The predicted molar refractivity (Wildman–Crippen MR) is 66.2 cm³/mol. The lowest BCUT2D eigenvalue weighted by molar-refractivity contribution is 0.385. The average molecular weight is 299 g/mol. The van der Waals surface area contributed by atoms with Gasteiger partial charge in [0, 0.05) is 13.0 Å². The van der Waals surface area contributed by atoms with Gasteiger partial charge in [-0.25, -0.2) is 22.2 Å². The summed E-state index contributed by atoms with van der Waals surface area (Å²) in [4.78, 5) is 6.71. The number of benzene rings is 1. The van der Waals surface area contributed by atoms with Gasteiger partial charge in [-0.3, -0.25) is 0 Å². The molecule has 8 heteroatoms. The van der Waals surface area contributed by atoms with Gasteiger partial charge in [-0.2, -0.15) is 4.31 Å². The minimum absolute atomic E-state index is 0.149. The Morgan fingerprint density at radius 1 is 1.25 bits per heavy atom. The highest BCUT2D eigenvalue weighted by atomic mass is 32.2. The molecule has 3 rings (SSSR count). The fraction of sp³-hybridized carbons (Fsp3) is 0.250. The van der Waals surface area contributed by atoms with Gasteiger partial charge in [-0.1, -0.05) is 0 Å². The van der Waals surface area contributed by atoms with Crippen LogP contribution in [0.3, 0.4) is 0 Å². The number of imidazole rings is 1. The van der Waals surface area contributed by atoms with Gasteiger partial charge in [0.05, 0.1) is 29.2 Å². The highest BCUT2D eigenvalue weighted by Gasteiger charge is 2.30. The maximum Gasteiger partial charge on any atom is 0.243 e. The van der Waals surface area contributed by atoms with Gasteiger partial charge in [0.2, 0.25) is 10.0 Å². The molecular weight excluding hydrogens is 288 g/mol. The fourth-order valence-electron chi connectivity index (χ4n) is 2.18. The molecule has 1 aliphatic rings. The van der Waals surface area contributed by atoms with Crippen molar-refractivity contribution in [1.29, 1.82) is 0 Å². The zero-order valence-corrected chi connectivity index (χ0v) is 11.1. The number of nitrogens with one attached hydrogen (secondary N) is 1. The van der Waals surface area contributed by atoms with Crippen LogP contribution in [-0.4, -0.2) is 29.2 Å². The van der Waals surface area contributed by atoms with E-state index in [4.69, 9.17) is 0 Å². The molecule has 1 aromatic carbocycles. The van der Waals surface area contributed by atoms with Crippen LogP contribution in [-0.2, 0) is 23.0 Å². The first-order valence-electron chi connectivity index (χ1n) is 5.95. The number of nitrogens with zero attached hydrogens (tertiary/aromatic N) is 2. The van der Waals surface area contributed by atoms with Crippen molar-refractivity contribution in [2.24, 2.45) is 0 Å². The Labute approximate surface area is 114 Å². The maximum absolute atomic E-state index is 13.2. The third kappa shape index (κ3) is 2.10. The normalized spacial score (nSPS) is 16.1. The quantitative estimate of drug-likeness (QED) is 0.912. The molecule has 0 amide bonds. The van der Waals surface area contributed by atoms with Crippen molar-refractivity contribution in [2.75, 3.05) is 6.54 Å². The van der Waals surface area contributed by atoms with Crippen molar-refractivity contribution in [3.8, 4) is 0 Å². The van der Waals surface area contributed by atoms with Crippen LogP contribution in [0.15, 0.2) is 29.4 Å². The summed E-state index contributed by atoms with van der Waals surface area (Å²) in [5.74, 6) is -2.25. The molecular formula is C12H11F2N3O2S. The van der Waals surface area contributed by atoms with Crippen LogP contribution in [0, 0.1) is 11.6 Å². The molecule has 0 atom stereocenters. The van der Waals surface area contributed by atoms with Crippen molar-refractivity contribution in [1.82, 2.24) is 14.3 Å². The molecule has 0 saturated carbocycles. The zero-order valence-electron chi connectivity index (χ0n) is 10.3. The van der Waals surface area contributed by atoms with Crippen LogP contribution in [0.1, 0.15) is 11.4 Å². The minimum Gasteiger partial charge on any atom is -0.347 e. The number of halogens is 2. The molecule has 2 aromatic rings. The smallest absolute Gasteiger partial charge is 0.243 e. The van der Waals surface area contributed by atoms with E-state index in [1.165, 1.54) is 10.6 Å². The first-order chi connectivity index (χ1) is 9.48. The van der Waals surface area contributed by atoms with Gasteiger partial charge in [-0.15, -0.1) is 0 Å². The van der Waals surface area contributed by atoms with Crippen LogP contribution in [0.2, 0.25) is 0 Å². The third-order valence-corrected chi connectivity index (χ3v) is 5.11. The maximum atomic E-state index is 13.2. The summed E-state index contributed by atoms with van der Waals surface area (Å²) in [5.41, 5.74) is 1.56. The first-order valence-corrected chi connectivity index (χ1v) is 7.39. The molecule has 0 fully saturated rings. The number of fused-ring (bicyclic) bond motifs is 1. The van der Waals surface area contributed by atoms with Crippen molar-refractivity contribution < 1.29 is 17.2 Å². The summed E-state index contributed by atoms with van der Waals surface area (Å²) in [6.45, 7) is 0.413. The van der Waals surface area contributed by atoms with Crippen LogP contribution < -0.4 is 0 Å². The number of hydrogen-bond donors (Lipinski definition) is 1. The van der Waals surface area contributed by atoms with Gasteiger partial charge >= 0.3 is 0 Å². The Hall–Kier alpha value is -1.80. The van der Waals surface area contributed by atoms with E-state index >= 15 is 0 Å². The van der Waals surface area contributed by atoms with E-state index in [1.54, 1.807) is 0 Å². The number of hydrogen-bond acceptors (Lipinski definition) is 3. The van der Waals surface area contributed by atoms with Crippen LogP contribution in [0.4, 0.5) is 8.78 Å². The SMILES string of the molecule is O=S(=O)(c1ccc(F)c(F)c1)N1CCc2nc[nH]c2C1. The van der Waals surface area contributed by atoms with Crippen molar-refractivity contribution in [3.05, 3.63) is 47.5 Å². The molecule has 0 radical (unpaired) electrons. The second-order valence-electron chi connectivity index (χ2n) is 4.49. The largest absolute Gasteiger partial charge is 0.347 e. The molecule has 0 bridgehead atoms. The molecule has 2 heterocycles. The van der Waals surface area contributed by atoms with E-state index in [1.807, 2.05) is 0 Å². The standard InChI is InChI=1S/C12H11F2N3O2S/c13-9-2-1-8(5-10(9)14)20(18,19)17-4-3-11-12(6-17)16-7-15-11/h1-2,5,7H,3-4,6H2,(H,15,16). The Morgan fingerprint density at radius 3 is 2.80 bits per heavy atom.